The quantitative estimate of drug-likeness (QED) is 0.323. The molecule has 3 rings (SSSR count). The van der Waals surface area contributed by atoms with E-state index in [0.29, 0.717) is 11.1 Å². The zero-order valence-electron chi connectivity index (χ0n) is 17.7. The van der Waals surface area contributed by atoms with E-state index < -0.39 is 37.1 Å². The molecular formula is C23H28N2O6. The predicted octanol–water partition coefficient (Wildman–Crippen LogP) is 1.82. The Morgan fingerprint density at radius 1 is 0.935 bits per heavy atom. The first-order valence-corrected chi connectivity index (χ1v) is 9.98. The van der Waals surface area contributed by atoms with E-state index in [-0.39, 0.29) is 11.8 Å². The first kappa shape index (κ1) is 23.1. The fourth-order valence-corrected chi connectivity index (χ4v) is 3.80. The third kappa shape index (κ3) is 4.68. The van der Waals surface area contributed by atoms with Crippen molar-refractivity contribution in [1.82, 2.24) is 0 Å². The van der Waals surface area contributed by atoms with Crippen LogP contribution in [0.15, 0.2) is 36.4 Å². The molecule has 1 saturated heterocycles. The largest absolute Gasteiger partial charge is 0.426 e. The summed E-state index contributed by atoms with van der Waals surface area (Å²) in [4.78, 5) is 0. The molecule has 0 amide bonds. The van der Waals surface area contributed by atoms with E-state index in [1.807, 2.05) is 32.0 Å². The molecular weight excluding hydrogens is 400 g/mol. The monoisotopic (exact) mass is 428 g/mol. The van der Waals surface area contributed by atoms with Gasteiger partial charge in [-0.3, -0.25) is 10.8 Å². The van der Waals surface area contributed by atoms with E-state index in [0.717, 1.165) is 22.3 Å². The van der Waals surface area contributed by atoms with Crippen LogP contribution < -0.4 is 0 Å². The number of aliphatic hydroxyl groups is 4. The molecule has 1 heterocycles. The third-order valence-corrected chi connectivity index (χ3v) is 5.52. The van der Waals surface area contributed by atoms with Crippen LogP contribution in [0, 0.1) is 24.7 Å². The molecule has 6 N–H and O–H groups in total. The summed E-state index contributed by atoms with van der Waals surface area (Å²) in [6.07, 6.45) is -6.08. The van der Waals surface area contributed by atoms with Crippen molar-refractivity contribution >= 4 is 11.8 Å². The molecule has 166 valence electrons. The highest BCUT2D eigenvalue weighted by Crippen LogP contribution is 2.36. The normalized spacial score (nSPS) is 25.8. The van der Waals surface area contributed by atoms with Crippen molar-refractivity contribution < 1.29 is 29.9 Å². The maximum atomic E-state index is 10.5. The highest BCUT2D eigenvalue weighted by Gasteiger charge is 2.44. The molecule has 2 aromatic carbocycles. The average molecular weight is 428 g/mol. The molecule has 8 nitrogen and oxygen atoms in total. The van der Waals surface area contributed by atoms with E-state index in [1.165, 1.54) is 6.92 Å². The standard InChI is InChI=1S/C23H28N2O6/c1-11-4-5-14(22-21(29)20(28)19(27)18(10-26)31-22)9-17(11)16-7-6-15(8-12(16)2)23(25)30-13(3)24/h4-9,18-22,24-29H,10H2,1-3H3/t18?,19-,20?,21?,22-/m1/s1. The zero-order chi connectivity index (χ0) is 22.9. The Morgan fingerprint density at radius 3 is 2.26 bits per heavy atom. The van der Waals surface area contributed by atoms with Crippen molar-refractivity contribution in [3.8, 4) is 11.1 Å². The summed E-state index contributed by atoms with van der Waals surface area (Å²) in [5, 5.41) is 55.4. The van der Waals surface area contributed by atoms with Crippen LogP contribution in [-0.2, 0) is 9.47 Å². The number of benzene rings is 2. The van der Waals surface area contributed by atoms with Gasteiger partial charge < -0.3 is 29.9 Å². The fourth-order valence-electron chi connectivity index (χ4n) is 3.80. The lowest BCUT2D eigenvalue weighted by molar-refractivity contribution is -0.231. The maximum absolute atomic E-state index is 10.5. The smallest absolute Gasteiger partial charge is 0.220 e. The van der Waals surface area contributed by atoms with Crippen molar-refractivity contribution in [1.29, 1.82) is 10.8 Å². The van der Waals surface area contributed by atoms with Gasteiger partial charge in [-0.25, -0.2) is 0 Å². The number of aliphatic hydroxyl groups excluding tert-OH is 4. The van der Waals surface area contributed by atoms with Gasteiger partial charge in [0.2, 0.25) is 5.90 Å². The van der Waals surface area contributed by atoms with Crippen molar-refractivity contribution in [3.63, 3.8) is 0 Å². The second-order valence-corrected chi connectivity index (χ2v) is 7.84. The lowest BCUT2D eigenvalue weighted by Gasteiger charge is -2.40. The van der Waals surface area contributed by atoms with Crippen LogP contribution in [0.4, 0.5) is 0 Å². The molecule has 1 aliphatic rings. The highest BCUT2D eigenvalue weighted by atomic mass is 16.5. The van der Waals surface area contributed by atoms with Crippen LogP contribution in [0.25, 0.3) is 11.1 Å². The summed E-state index contributed by atoms with van der Waals surface area (Å²) in [7, 11) is 0. The first-order valence-electron chi connectivity index (χ1n) is 9.98. The van der Waals surface area contributed by atoms with Gasteiger partial charge in [0, 0.05) is 12.5 Å². The summed E-state index contributed by atoms with van der Waals surface area (Å²) < 4.78 is 10.8. The molecule has 0 aliphatic carbocycles. The van der Waals surface area contributed by atoms with Crippen LogP contribution in [0.2, 0.25) is 0 Å². The van der Waals surface area contributed by atoms with Crippen molar-refractivity contribution in [2.75, 3.05) is 6.61 Å². The summed E-state index contributed by atoms with van der Waals surface area (Å²) in [5.74, 6) is -0.163. The molecule has 3 unspecified atom stereocenters. The lowest BCUT2D eigenvalue weighted by Crippen LogP contribution is -2.55. The molecule has 0 radical (unpaired) electrons. The zero-order valence-corrected chi connectivity index (χ0v) is 17.7. The van der Waals surface area contributed by atoms with Crippen LogP contribution in [0.3, 0.4) is 0 Å². The molecule has 1 fully saturated rings. The van der Waals surface area contributed by atoms with Crippen LogP contribution in [-0.4, -0.2) is 63.2 Å². The van der Waals surface area contributed by atoms with Crippen molar-refractivity contribution in [3.05, 3.63) is 58.7 Å². The Kier molecular flexibility index (Phi) is 6.88. The van der Waals surface area contributed by atoms with Gasteiger partial charge in [0.05, 0.1) is 6.61 Å². The van der Waals surface area contributed by atoms with Gasteiger partial charge in [-0.15, -0.1) is 0 Å². The number of aryl methyl sites for hydroxylation is 2. The maximum Gasteiger partial charge on any atom is 0.220 e. The Morgan fingerprint density at radius 2 is 1.65 bits per heavy atom. The second kappa shape index (κ2) is 9.25. The summed E-state index contributed by atoms with van der Waals surface area (Å²) >= 11 is 0. The van der Waals surface area contributed by atoms with Crippen LogP contribution in [0.1, 0.15) is 35.3 Å². The summed E-state index contributed by atoms with van der Waals surface area (Å²) in [6.45, 7) is 4.83. The number of hydrogen-bond donors (Lipinski definition) is 6. The number of rotatable bonds is 4. The Balaban J connectivity index is 1.96. The molecule has 2 aromatic rings. The van der Waals surface area contributed by atoms with E-state index >= 15 is 0 Å². The molecule has 0 saturated carbocycles. The minimum absolute atomic E-state index is 0.0604. The van der Waals surface area contributed by atoms with Gasteiger partial charge in [-0.1, -0.05) is 18.2 Å². The van der Waals surface area contributed by atoms with Gasteiger partial charge >= 0.3 is 0 Å². The fraction of sp³-hybridized carbons (Fsp3) is 0.391. The van der Waals surface area contributed by atoms with Gasteiger partial charge in [0.1, 0.15) is 30.5 Å². The number of hydrogen-bond acceptors (Lipinski definition) is 8. The predicted molar refractivity (Wildman–Crippen MR) is 115 cm³/mol. The molecule has 31 heavy (non-hydrogen) atoms. The van der Waals surface area contributed by atoms with Gasteiger partial charge in [-0.05, 0) is 59.9 Å². The van der Waals surface area contributed by atoms with Gasteiger partial charge in [-0.2, -0.15) is 0 Å². The van der Waals surface area contributed by atoms with E-state index in [4.69, 9.17) is 20.3 Å². The highest BCUT2D eigenvalue weighted by molar-refractivity contribution is 5.99. The lowest BCUT2D eigenvalue weighted by atomic mass is 9.88. The number of ether oxygens (including phenoxy) is 2. The van der Waals surface area contributed by atoms with E-state index in [9.17, 15) is 20.4 Å². The second-order valence-electron chi connectivity index (χ2n) is 7.84. The van der Waals surface area contributed by atoms with E-state index in [1.54, 1.807) is 18.2 Å². The minimum Gasteiger partial charge on any atom is -0.426 e. The molecule has 0 bridgehead atoms. The molecule has 0 aromatic heterocycles. The Hall–Kier alpha value is -2.62. The molecule has 8 heteroatoms. The van der Waals surface area contributed by atoms with Crippen molar-refractivity contribution in [2.24, 2.45) is 0 Å². The van der Waals surface area contributed by atoms with Gasteiger partial charge in [0.15, 0.2) is 5.90 Å². The first-order chi connectivity index (χ1) is 14.6. The topological polar surface area (TPSA) is 147 Å². The summed E-state index contributed by atoms with van der Waals surface area (Å²) in [5.41, 5.74) is 4.82. The summed E-state index contributed by atoms with van der Waals surface area (Å²) in [6, 6.07) is 10.9. The number of nitrogens with one attached hydrogen (secondary N) is 2. The van der Waals surface area contributed by atoms with Gasteiger partial charge in [0.25, 0.3) is 0 Å². The Labute approximate surface area is 180 Å². The van der Waals surface area contributed by atoms with E-state index in [2.05, 4.69) is 0 Å². The average Bonchev–Trinajstić information content (AvgIpc) is 2.72. The van der Waals surface area contributed by atoms with Crippen molar-refractivity contribution in [2.45, 2.75) is 51.3 Å². The molecule has 5 atom stereocenters. The molecule has 1 aliphatic heterocycles. The SMILES string of the molecule is CC(=N)OC(=N)c1ccc(-c2cc([C@H]3OC(CO)[C@@H](O)C(O)C3O)ccc2C)c(C)c1. The minimum atomic E-state index is -1.44. The molecule has 0 spiro atoms. The van der Waals surface area contributed by atoms with Crippen LogP contribution >= 0.6 is 0 Å². The third-order valence-electron chi connectivity index (χ3n) is 5.52. The van der Waals surface area contributed by atoms with Crippen LogP contribution in [0.5, 0.6) is 0 Å². The Bertz CT molecular complexity index is 990.